The van der Waals surface area contributed by atoms with Crippen LogP contribution in [0.2, 0.25) is 0 Å². The number of anilines is 1. The maximum Gasteiger partial charge on any atom is 0.310 e. The Bertz CT molecular complexity index is 1030. The number of pyridine rings is 1. The third-order valence-electron chi connectivity index (χ3n) is 5.39. The van der Waals surface area contributed by atoms with Gasteiger partial charge in [-0.1, -0.05) is 48.5 Å². The van der Waals surface area contributed by atoms with E-state index < -0.39 is 0 Å². The van der Waals surface area contributed by atoms with Gasteiger partial charge in [-0.3, -0.25) is 14.6 Å². The van der Waals surface area contributed by atoms with Gasteiger partial charge in [-0.15, -0.1) is 0 Å². The molecule has 148 valence electrons. The number of rotatable bonds is 5. The molecule has 2 aromatic carbocycles. The molecule has 1 aromatic heterocycles. The number of carbonyl (C=O) groups excluding carboxylic acids is 2. The molecule has 1 atom stereocenters. The standard InChI is InChI=1S/C24H24N2O3/c1-2-29-24(28)18-11-8-14-26(16-18)22-19-12-6-7-13-21(19)25-15-20(22)23(27)17-9-4-3-5-10-17/h3-7,9-10,12-13,15,18H,2,8,11,14,16H2,1H3/t18-/m1/s1. The van der Waals surface area contributed by atoms with E-state index in [-0.39, 0.29) is 17.7 Å². The maximum atomic E-state index is 13.3. The van der Waals surface area contributed by atoms with E-state index >= 15 is 0 Å². The Kier molecular flexibility index (Phi) is 5.56. The molecule has 0 amide bonds. The highest BCUT2D eigenvalue weighted by Crippen LogP contribution is 2.34. The summed E-state index contributed by atoms with van der Waals surface area (Å²) in [6, 6.07) is 17.1. The molecule has 29 heavy (non-hydrogen) atoms. The van der Waals surface area contributed by atoms with Crippen molar-refractivity contribution in [3.63, 3.8) is 0 Å². The van der Waals surface area contributed by atoms with Crippen LogP contribution in [0.5, 0.6) is 0 Å². The molecule has 0 radical (unpaired) electrons. The smallest absolute Gasteiger partial charge is 0.310 e. The topological polar surface area (TPSA) is 59.5 Å². The Morgan fingerprint density at radius 2 is 1.86 bits per heavy atom. The van der Waals surface area contributed by atoms with Crippen LogP contribution >= 0.6 is 0 Å². The summed E-state index contributed by atoms with van der Waals surface area (Å²) in [7, 11) is 0. The first-order valence-electron chi connectivity index (χ1n) is 10.1. The Hall–Kier alpha value is -3.21. The number of ether oxygens (including phenoxy) is 1. The van der Waals surface area contributed by atoms with Gasteiger partial charge in [-0.25, -0.2) is 0 Å². The van der Waals surface area contributed by atoms with Crippen LogP contribution in [0.15, 0.2) is 60.8 Å². The van der Waals surface area contributed by atoms with Crippen molar-refractivity contribution in [1.82, 2.24) is 4.98 Å². The van der Waals surface area contributed by atoms with Crippen LogP contribution in [0.4, 0.5) is 5.69 Å². The lowest BCUT2D eigenvalue weighted by Crippen LogP contribution is -2.40. The molecule has 0 spiro atoms. The Balaban J connectivity index is 1.79. The Labute approximate surface area is 170 Å². The SMILES string of the molecule is CCOC(=O)[C@@H]1CCCN(c2c(C(=O)c3ccccc3)cnc3ccccc23)C1. The van der Waals surface area contributed by atoms with Crippen LogP contribution in [-0.2, 0) is 9.53 Å². The van der Waals surface area contributed by atoms with Gasteiger partial charge in [0.15, 0.2) is 5.78 Å². The van der Waals surface area contributed by atoms with Crippen molar-refractivity contribution in [3.05, 3.63) is 71.9 Å². The number of piperidine rings is 1. The highest BCUT2D eigenvalue weighted by Gasteiger charge is 2.30. The second-order valence-corrected chi connectivity index (χ2v) is 7.27. The van der Waals surface area contributed by atoms with Crippen LogP contribution in [-0.4, -0.2) is 36.4 Å². The van der Waals surface area contributed by atoms with E-state index in [9.17, 15) is 9.59 Å². The van der Waals surface area contributed by atoms with E-state index in [0.29, 0.717) is 24.3 Å². The molecule has 0 unspecified atom stereocenters. The molecule has 4 rings (SSSR count). The maximum absolute atomic E-state index is 13.3. The second-order valence-electron chi connectivity index (χ2n) is 7.27. The number of hydrogen-bond donors (Lipinski definition) is 0. The van der Waals surface area contributed by atoms with Gasteiger partial charge in [0.05, 0.1) is 29.3 Å². The molecule has 0 N–H and O–H groups in total. The van der Waals surface area contributed by atoms with Crippen molar-refractivity contribution in [2.24, 2.45) is 5.92 Å². The highest BCUT2D eigenvalue weighted by molar-refractivity contribution is 6.16. The summed E-state index contributed by atoms with van der Waals surface area (Å²) in [6.45, 7) is 3.54. The molecule has 3 aromatic rings. The lowest BCUT2D eigenvalue weighted by molar-refractivity contribution is -0.148. The van der Waals surface area contributed by atoms with Crippen molar-refractivity contribution >= 4 is 28.3 Å². The first-order chi connectivity index (χ1) is 14.2. The molecule has 2 heterocycles. The van der Waals surface area contributed by atoms with Crippen molar-refractivity contribution < 1.29 is 14.3 Å². The first kappa shape index (κ1) is 19.1. The van der Waals surface area contributed by atoms with Gasteiger partial charge < -0.3 is 9.64 Å². The van der Waals surface area contributed by atoms with Gasteiger partial charge in [0, 0.05) is 30.2 Å². The zero-order valence-corrected chi connectivity index (χ0v) is 16.5. The summed E-state index contributed by atoms with van der Waals surface area (Å²) < 4.78 is 5.26. The fourth-order valence-electron chi connectivity index (χ4n) is 4.01. The summed E-state index contributed by atoms with van der Waals surface area (Å²) in [4.78, 5) is 32.3. The predicted molar refractivity (Wildman–Crippen MR) is 113 cm³/mol. The normalized spacial score (nSPS) is 16.6. The number of aromatic nitrogens is 1. The monoisotopic (exact) mass is 388 g/mol. The van der Waals surface area contributed by atoms with Gasteiger partial charge in [0.2, 0.25) is 0 Å². The van der Waals surface area contributed by atoms with E-state index in [1.165, 1.54) is 0 Å². The number of para-hydroxylation sites is 1. The average molecular weight is 388 g/mol. The largest absolute Gasteiger partial charge is 0.466 e. The molecule has 0 bridgehead atoms. The molecule has 1 aliphatic heterocycles. The minimum absolute atomic E-state index is 0.0582. The van der Waals surface area contributed by atoms with Crippen molar-refractivity contribution in [2.75, 3.05) is 24.6 Å². The number of carbonyl (C=O) groups is 2. The summed E-state index contributed by atoms with van der Waals surface area (Å²) in [6.07, 6.45) is 3.35. The van der Waals surface area contributed by atoms with Gasteiger partial charge >= 0.3 is 5.97 Å². The summed E-state index contributed by atoms with van der Waals surface area (Å²) in [5.41, 5.74) is 2.90. The molecule has 5 nitrogen and oxygen atoms in total. The quantitative estimate of drug-likeness (QED) is 0.483. The van der Waals surface area contributed by atoms with E-state index in [1.807, 2.05) is 61.5 Å². The molecule has 0 aliphatic carbocycles. The van der Waals surface area contributed by atoms with Crippen LogP contribution in [0.1, 0.15) is 35.7 Å². The van der Waals surface area contributed by atoms with Gasteiger partial charge in [0.1, 0.15) is 0 Å². The molecule has 1 aliphatic rings. The lowest BCUT2D eigenvalue weighted by atomic mass is 9.94. The van der Waals surface area contributed by atoms with Gasteiger partial charge in [-0.2, -0.15) is 0 Å². The minimum atomic E-state index is -0.185. The van der Waals surface area contributed by atoms with E-state index in [1.54, 1.807) is 6.20 Å². The fraction of sp³-hybridized carbons (Fsp3) is 0.292. The number of fused-ring (bicyclic) bond motifs is 1. The molecular weight excluding hydrogens is 364 g/mol. The summed E-state index contributed by atoms with van der Waals surface area (Å²) >= 11 is 0. The number of ketones is 1. The third kappa shape index (κ3) is 3.86. The van der Waals surface area contributed by atoms with E-state index in [4.69, 9.17) is 4.74 Å². The van der Waals surface area contributed by atoms with Crippen LogP contribution in [0.25, 0.3) is 10.9 Å². The highest BCUT2D eigenvalue weighted by atomic mass is 16.5. The summed E-state index contributed by atoms with van der Waals surface area (Å²) in [5.74, 6) is -0.404. The first-order valence-corrected chi connectivity index (χ1v) is 10.1. The zero-order valence-electron chi connectivity index (χ0n) is 16.5. The number of benzene rings is 2. The van der Waals surface area contributed by atoms with Crippen molar-refractivity contribution in [2.45, 2.75) is 19.8 Å². The molecular formula is C24H24N2O3. The number of nitrogens with zero attached hydrogens (tertiary/aromatic N) is 2. The van der Waals surface area contributed by atoms with Crippen molar-refractivity contribution in [1.29, 1.82) is 0 Å². The van der Waals surface area contributed by atoms with Gasteiger partial charge in [-0.05, 0) is 25.8 Å². The predicted octanol–water partition coefficient (Wildman–Crippen LogP) is 4.25. The zero-order chi connectivity index (χ0) is 20.2. The van der Waals surface area contributed by atoms with E-state index in [0.717, 1.165) is 36.0 Å². The number of esters is 1. The fourth-order valence-corrected chi connectivity index (χ4v) is 4.01. The molecule has 0 saturated carbocycles. The minimum Gasteiger partial charge on any atom is -0.466 e. The molecule has 1 saturated heterocycles. The van der Waals surface area contributed by atoms with Gasteiger partial charge in [0.25, 0.3) is 0 Å². The van der Waals surface area contributed by atoms with Crippen molar-refractivity contribution in [3.8, 4) is 0 Å². The average Bonchev–Trinajstić information content (AvgIpc) is 2.78. The lowest BCUT2D eigenvalue weighted by Gasteiger charge is -2.35. The summed E-state index contributed by atoms with van der Waals surface area (Å²) in [5, 5.41) is 0.929. The second kappa shape index (κ2) is 8.43. The number of hydrogen-bond acceptors (Lipinski definition) is 5. The van der Waals surface area contributed by atoms with Crippen LogP contribution < -0.4 is 4.90 Å². The van der Waals surface area contributed by atoms with Crippen LogP contribution in [0.3, 0.4) is 0 Å². The Morgan fingerprint density at radius 3 is 2.66 bits per heavy atom. The van der Waals surface area contributed by atoms with Crippen LogP contribution in [0, 0.1) is 5.92 Å². The molecule has 5 heteroatoms. The Morgan fingerprint density at radius 1 is 1.10 bits per heavy atom. The third-order valence-corrected chi connectivity index (χ3v) is 5.39. The van der Waals surface area contributed by atoms with E-state index in [2.05, 4.69) is 9.88 Å². The molecule has 1 fully saturated rings.